The normalized spacial score (nSPS) is 18.7. The molecule has 0 spiro atoms. The summed E-state index contributed by atoms with van der Waals surface area (Å²) in [7, 11) is 0. The number of aromatic nitrogens is 3. The second kappa shape index (κ2) is 6.08. The van der Waals surface area contributed by atoms with Gasteiger partial charge in [0.1, 0.15) is 12.1 Å². The average molecular weight is 476 g/mol. The zero-order valence-electron chi connectivity index (χ0n) is 19.9. The fourth-order valence-electron chi connectivity index (χ4n) is 7.36. The maximum Gasteiger partial charge on any atom is 0.115 e. The maximum atomic E-state index is 2.56. The van der Waals surface area contributed by atoms with Gasteiger partial charge in [0.2, 0.25) is 0 Å². The molecule has 4 aliphatic rings. The first-order valence-corrected chi connectivity index (χ1v) is 12.9. The van der Waals surface area contributed by atoms with Crippen LogP contribution in [0.3, 0.4) is 0 Å². The van der Waals surface area contributed by atoms with Crippen molar-refractivity contribution in [3.05, 3.63) is 138 Å². The third kappa shape index (κ3) is 1.95. The lowest BCUT2D eigenvalue weighted by atomic mass is 9.93. The van der Waals surface area contributed by atoms with Gasteiger partial charge in [0.05, 0.1) is 62.6 Å². The van der Waals surface area contributed by atoms with Crippen LogP contribution in [0.2, 0.25) is 0 Å². The molecule has 5 nitrogen and oxygen atoms in total. The predicted molar refractivity (Wildman–Crippen MR) is 145 cm³/mol. The first-order valence-electron chi connectivity index (χ1n) is 12.9. The molecular weight excluding hydrogens is 454 g/mol. The number of fused-ring (bicyclic) bond motifs is 16. The van der Waals surface area contributed by atoms with Crippen molar-refractivity contribution < 1.29 is 0 Å². The Morgan fingerprint density at radius 2 is 0.838 bits per heavy atom. The van der Waals surface area contributed by atoms with Gasteiger partial charge < -0.3 is 23.5 Å². The second-order valence-corrected chi connectivity index (χ2v) is 10.3. The molecule has 3 aromatic carbocycles. The first kappa shape index (κ1) is 18.4. The van der Waals surface area contributed by atoms with E-state index in [0.29, 0.717) is 0 Å². The lowest BCUT2D eigenvalue weighted by Gasteiger charge is -2.50. The zero-order chi connectivity index (χ0) is 23.8. The molecule has 3 aromatic heterocycles. The van der Waals surface area contributed by atoms with Gasteiger partial charge >= 0.3 is 0 Å². The lowest BCUT2D eigenvalue weighted by Crippen LogP contribution is -2.41. The monoisotopic (exact) mass is 475 g/mol. The summed E-state index contributed by atoms with van der Waals surface area (Å²) in [6, 6.07) is 38.2. The van der Waals surface area contributed by atoms with E-state index in [2.05, 4.69) is 139 Å². The van der Waals surface area contributed by atoms with Gasteiger partial charge in [-0.25, -0.2) is 0 Å². The van der Waals surface area contributed by atoms with Gasteiger partial charge in [0.15, 0.2) is 0 Å². The molecular formula is C32H21N5. The Balaban J connectivity index is 1.34. The highest BCUT2D eigenvalue weighted by Gasteiger charge is 2.47. The van der Waals surface area contributed by atoms with Gasteiger partial charge in [0, 0.05) is 12.4 Å². The van der Waals surface area contributed by atoms with Crippen molar-refractivity contribution in [2.45, 2.75) is 12.1 Å². The molecule has 0 radical (unpaired) electrons. The molecule has 10 rings (SSSR count). The summed E-state index contributed by atoms with van der Waals surface area (Å²) in [6.07, 6.45) is 4.40. The molecule has 6 aromatic rings. The van der Waals surface area contributed by atoms with E-state index in [1.165, 1.54) is 62.6 Å². The van der Waals surface area contributed by atoms with Gasteiger partial charge in [0.25, 0.3) is 0 Å². The molecule has 2 unspecified atom stereocenters. The molecule has 4 aliphatic heterocycles. The molecule has 0 bridgehead atoms. The summed E-state index contributed by atoms with van der Waals surface area (Å²) in [4.78, 5) is 5.11. The first-order chi connectivity index (χ1) is 18.4. The third-order valence-electron chi connectivity index (χ3n) is 8.68. The van der Waals surface area contributed by atoms with Gasteiger partial charge in [-0.3, -0.25) is 0 Å². The van der Waals surface area contributed by atoms with Gasteiger partial charge in [-0.1, -0.05) is 30.3 Å². The van der Waals surface area contributed by atoms with Crippen molar-refractivity contribution in [2.75, 3.05) is 9.80 Å². The Morgan fingerprint density at radius 1 is 0.378 bits per heavy atom. The maximum absolute atomic E-state index is 2.56. The van der Waals surface area contributed by atoms with E-state index in [1.54, 1.807) is 0 Å². The Bertz CT molecular complexity index is 1800. The SMILES string of the molecule is c1ccc2c(c1)N1c3cccc4c3-n3c(ccc3C3c5cccn5-c5ccccc5N43)C1c1cccn1-2. The largest absolute Gasteiger partial charge is 0.323 e. The number of benzene rings is 3. The molecule has 0 saturated heterocycles. The summed E-state index contributed by atoms with van der Waals surface area (Å²) in [5.41, 5.74) is 14.0. The average Bonchev–Trinajstić information content (AvgIpc) is 3.72. The molecule has 2 atom stereocenters. The Morgan fingerprint density at radius 3 is 1.35 bits per heavy atom. The van der Waals surface area contributed by atoms with Crippen LogP contribution >= 0.6 is 0 Å². The number of rotatable bonds is 0. The van der Waals surface area contributed by atoms with Crippen molar-refractivity contribution in [1.29, 1.82) is 0 Å². The fourth-order valence-corrected chi connectivity index (χ4v) is 7.36. The second-order valence-electron chi connectivity index (χ2n) is 10.3. The molecule has 174 valence electrons. The predicted octanol–water partition coefficient (Wildman–Crippen LogP) is 7.17. The van der Waals surface area contributed by atoms with E-state index < -0.39 is 0 Å². The van der Waals surface area contributed by atoms with Crippen LogP contribution in [0.4, 0.5) is 22.7 Å². The summed E-state index contributed by atoms with van der Waals surface area (Å²) in [6.45, 7) is 0. The molecule has 0 aliphatic carbocycles. The summed E-state index contributed by atoms with van der Waals surface area (Å²) in [5, 5.41) is 0. The minimum absolute atomic E-state index is 0.107. The minimum Gasteiger partial charge on any atom is -0.323 e. The Labute approximate surface area is 213 Å². The number of hydrogen-bond acceptors (Lipinski definition) is 2. The quantitative estimate of drug-likeness (QED) is 0.232. The van der Waals surface area contributed by atoms with Crippen LogP contribution in [-0.2, 0) is 0 Å². The van der Waals surface area contributed by atoms with E-state index in [0.717, 1.165) is 0 Å². The van der Waals surface area contributed by atoms with Crippen LogP contribution in [0.5, 0.6) is 0 Å². The smallest absolute Gasteiger partial charge is 0.115 e. The van der Waals surface area contributed by atoms with Crippen LogP contribution in [0.25, 0.3) is 17.1 Å². The van der Waals surface area contributed by atoms with Gasteiger partial charge in [-0.2, -0.15) is 0 Å². The molecule has 5 heteroatoms. The highest BCUT2D eigenvalue weighted by molar-refractivity contribution is 5.93. The molecule has 0 fully saturated rings. The highest BCUT2D eigenvalue weighted by atomic mass is 15.4. The van der Waals surface area contributed by atoms with Gasteiger partial charge in [-0.05, 0) is 72.8 Å². The Kier molecular flexibility index (Phi) is 3.02. The molecule has 0 amide bonds. The highest BCUT2D eigenvalue weighted by Crippen LogP contribution is 2.59. The van der Waals surface area contributed by atoms with Crippen LogP contribution in [0.1, 0.15) is 34.9 Å². The van der Waals surface area contributed by atoms with Crippen molar-refractivity contribution >= 4 is 22.7 Å². The topological polar surface area (TPSA) is 21.3 Å². The van der Waals surface area contributed by atoms with Crippen LogP contribution in [0.15, 0.2) is 116 Å². The van der Waals surface area contributed by atoms with E-state index in [4.69, 9.17) is 0 Å². The van der Waals surface area contributed by atoms with Gasteiger partial charge in [-0.15, -0.1) is 0 Å². The van der Waals surface area contributed by atoms with E-state index >= 15 is 0 Å². The molecule has 7 heterocycles. The van der Waals surface area contributed by atoms with E-state index in [-0.39, 0.29) is 12.1 Å². The Hall–Kier alpha value is -4.90. The molecule has 0 N–H and O–H groups in total. The number of anilines is 4. The summed E-state index contributed by atoms with van der Waals surface area (Å²) in [5.74, 6) is 0. The van der Waals surface area contributed by atoms with Crippen LogP contribution in [0, 0.1) is 0 Å². The fraction of sp³-hybridized carbons (Fsp3) is 0.0625. The van der Waals surface area contributed by atoms with Crippen molar-refractivity contribution in [2.24, 2.45) is 0 Å². The lowest BCUT2D eigenvalue weighted by molar-refractivity contribution is 0.618. The molecule has 37 heavy (non-hydrogen) atoms. The van der Waals surface area contributed by atoms with Crippen molar-refractivity contribution in [3.8, 4) is 17.1 Å². The number of para-hydroxylation sites is 5. The standard InChI is InChI=1S/C32H21N5/c1-3-10-22-20(8-1)33-18-6-14-24(33)30-28-16-17-29-31-25-15-7-19-34(25)21-9-2-4-11-23(21)36(31)27-13-5-12-26(35(22)30)32(27)37(28)29/h1-19,30-31H. The minimum atomic E-state index is 0.107. The van der Waals surface area contributed by atoms with Crippen molar-refractivity contribution in [3.63, 3.8) is 0 Å². The van der Waals surface area contributed by atoms with Crippen molar-refractivity contribution in [1.82, 2.24) is 13.7 Å². The zero-order valence-corrected chi connectivity index (χ0v) is 19.9. The number of nitrogens with zero attached hydrogens (tertiary/aromatic N) is 5. The third-order valence-corrected chi connectivity index (χ3v) is 8.68. The van der Waals surface area contributed by atoms with Crippen LogP contribution < -0.4 is 9.80 Å². The summed E-state index contributed by atoms with van der Waals surface area (Å²) >= 11 is 0. The van der Waals surface area contributed by atoms with E-state index in [1.807, 2.05) is 0 Å². The molecule has 0 saturated carbocycles. The summed E-state index contributed by atoms with van der Waals surface area (Å²) < 4.78 is 7.29. The number of hydrogen-bond donors (Lipinski definition) is 0. The van der Waals surface area contributed by atoms with E-state index in [9.17, 15) is 0 Å². The van der Waals surface area contributed by atoms with Crippen LogP contribution in [-0.4, -0.2) is 13.7 Å².